The van der Waals surface area contributed by atoms with Crippen LogP contribution in [0.1, 0.15) is 17.2 Å². The predicted octanol–water partition coefficient (Wildman–Crippen LogP) is 2.78. The monoisotopic (exact) mass is 410 g/mol. The second-order valence-electron chi connectivity index (χ2n) is 6.14. The van der Waals surface area contributed by atoms with Gasteiger partial charge in [-0.2, -0.15) is 4.31 Å². The van der Waals surface area contributed by atoms with Crippen molar-refractivity contribution >= 4 is 27.5 Å². The number of carbonyl (C=O) groups excluding carboxylic acids is 1. The van der Waals surface area contributed by atoms with Crippen molar-refractivity contribution in [3.05, 3.63) is 64.7 Å². The van der Waals surface area contributed by atoms with Crippen molar-refractivity contribution in [1.29, 1.82) is 0 Å². The quantitative estimate of drug-likeness (QED) is 0.679. The van der Waals surface area contributed by atoms with Gasteiger partial charge in [0.05, 0.1) is 12.8 Å². The smallest absolute Gasteiger partial charge is 0.243 e. The maximum Gasteiger partial charge on any atom is 0.243 e. The molecule has 27 heavy (non-hydrogen) atoms. The molecule has 0 spiro atoms. The summed E-state index contributed by atoms with van der Waals surface area (Å²) in [6.07, 6.45) is 1.07. The largest absolute Gasteiger partial charge is 0.492 e. The van der Waals surface area contributed by atoms with Crippen molar-refractivity contribution in [3.8, 4) is 5.75 Å². The van der Waals surface area contributed by atoms with Crippen LogP contribution in [0.3, 0.4) is 0 Å². The zero-order chi connectivity index (χ0) is 20.0. The molecule has 0 aliphatic heterocycles. The summed E-state index contributed by atoms with van der Waals surface area (Å²) in [5, 5.41) is 3.33. The van der Waals surface area contributed by atoms with Gasteiger partial charge in [-0.3, -0.25) is 4.79 Å². The summed E-state index contributed by atoms with van der Waals surface area (Å²) in [4.78, 5) is 12.6. The minimum absolute atomic E-state index is 0.227. The van der Waals surface area contributed by atoms with Gasteiger partial charge in [-0.15, -0.1) is 0 Å². The van der Waals surface area contributed by atoms with E-state index in [4.69, 9.17) is 16.3 Å². The summed E-state index contributed by atoms with van der Waals surface area (Å²) in [6.45, 7) is 2.36. The lowest BCUT2D eigenvalue weighted by atomic mass is 10.1. The Morgan fingerprint density at radius 1 is 1.22 bits per heavy atom. The van der Waals surface area contributed by atoms with Gasteiger partial charge in [0.2, 0.25) is 15.9 Å². The molecule has 0 saturated heterocycles. The number of benzene rings is 2. The highest BCUT2D eigenvalue weighted by Crippen LogP contribution is 2.23. The van der Waals surface area contributed by atoms with Crippen molar-refractivity contribution in [2.45, 2.75) is 13.0 Å². The SMILES string of the molecule is Cc1ccc(OCCNC(=O)[C@@H](c2ccccc2)N(C)S(C)(=O)=O)cc1Cl. The average molecular weight is 411 g/mol. The molecule has 0 radical (unpaired) electrons. The van der Waals surface area contributed by atoms with E-state index in [-0.39, 0.29) is 13.2 Å². The molecule has 2 aromatic rings. The van der Waals surface area contributed by atoms with Gasteiger partial charge < -0.3 is 10.1 Å². The maximum absolute atomic E-state index is 12.6. The van der Waals surface area contributed by atoms with Crippen LogP contribution in [0, 0.1) is 6.92 Å². The third-order valence-corrected chi connectivity index (χ3v) is 5.73. The molecule has 0 aliphatic carbocycles. The first kappa shape index (κ1) is 21.2. The molecule has 1 amide bonds. The predicted molar refractivity (Wildman–Crippen MR) is 106 cm³/mol. The number of nitrogens with one attached hydrogen (secondary N) is 1. The van der Waals surface area contributed by atoms with E-state index in [0.29, 0.717) is 16.3 Å². The highest BCUT2D eigenvalue weighted by atomic mass is 35.5. The standard InChI is InChI=1S/C19H23ClN2O4S/c1-14-9-10-16(13-17(14)20)26-12-11-21-19(23)18(22(2)27(3,24)25)15-7-5-4-6-8-15/h4-10,13,18H,11-12H2,1-3H3,(H,21,23)/t18-/m1/s1. The first-order valence-electron chi connectivity index (χ1n) is 8.35. The van der Waals surface area contributed by atoms with Crippen LogP contribution < -0.4 is 10.1 Å². The van der Waals surface area contributed by atoms with Gasteiger partial charge in [-0.1, -0.05) is 48.0 Å². The Bertz CT molecular complexity index is 888. The van der Waals surface area contributed by atoms with Crippen LogP contribution >= 0.6 is 11.6 Å². The number of halogens is 1. The van der Waals surface area contributed by atoms with Gasteiger partial charge in [0.15, 0.2) is 0 Å². The molecule has 146 valence electrons. The summed E-state index contributed by atoms with van der Waals surface area (Å²) < 4.78 is 30.5. The summed E-state index contributed by atoms with van der Waals surface area (Å²) in [7, 11) is -2.16. The molecular formula is C19H23ClN2O4S. The Labute approximate surface area is 165 Å². The van der Waals surface area contributed by atoms with E-state index in [1.54, 1.807) is 42.5 Å². The van der Waals surface area contributed by atoms with Crippen LogP contribution in [0.25, 0.3) is 0 Å². The van der Waals surface area contributed by atoms with E-state index >= 15 is 0 Å². The highest BCUT2D eigenvalue weighted by molar-refractivity contribution is 7.88. The molecule has 0 aromatic heterocycles. The molecule has 0 aliphatic rings. The molecule has 8 heteroatoms. The third-order valence-electron chi connectivity index (χ3n) is 4.06. The fraction of sp³-hybridized carbons (Fsp3) is 0.316. The second-order valence-corrected chi connectivity index (χ2v) is 8.59. The lowest BCUT2D eigenvalue weighted by Gasteiger charge is -2.25. The minimum atomic E-state index is -3.55. The van der Waals surface area contributed by atoms with Gasteiger partial charge in [0.25, 0.3) is 0 Å². The second kappa shape index (κ2) is 9.21. The van der Waals surface area contributed by atoms with Gasteiger partial charge in [-0.05, 0) is 30.2 Å². The molecule has 0 saturated carbocycles. The molecule has 0 heterocycles. The van der Waals surface area contributed by atoms with E-state index in [9.17, 15) is 13.2 Å². The molecule has 1 N–H and O–H groups in total. The number of ether oxygens (including phenoxy) is 1. The zero-order valence-electron chi connectivity index (χ0n) is 15.5. The third kappa shape index (κ3) is 5.95. The topological polar surface area (TPSA) is 75.7 Å². The lowest BCUT2D eigenvalue weighted by Crippen LogP contribution is -2.42. The van der Waals surface area contributed by atoms with Gasteiger partial charge in [-0.25, -0.2) is 8.42 Å². The Morgan fingerprint density at radius 3 is 2.48 bits per heavy atom. The molecule has 2 rings (SSSR count). The Balaban J connectivity index is 2.00. The first-order valence-corrected chi connectivity index (χ1v) is 10.6. The zero-order valence-corrected chi connectivity index (χ0v) is 17.0. The van der Waals surface area contributed by atoms with Crippen LogP contribution in [0.15, 0.2) is 48.5 Å². The number of rotatable bonds is 8. The number of carbonyl (C=O) groups is 1. The molecule has 0 unspecified atom stereocenters. The summed E-state index contributed by atoms with van der Waals surface area (Å²) in [6, 6.07) is 13.2. The van der Waals surface area contributed by atoms with Crippen LogP contribution in [0.5, 0.6) is 5.75 Å². The van der Waals surface area contributed by atoms with E-state index in [2.05, 4.69) is 5.32 Å². The molecule has 0 bridgehead atoms. The van der Waals surface area contributed by atoms with Crippen molar-refractivity contribution in [1.82, 2.24) is 9.62 Å². The van der Waals surface area contributed by atoms with Crippen LogP contribution in [0.2, 0.25) is 5.02 Å². The van der Waals surface area contributed by atoms with Crippen molar-refractivity contribution < 1.29 is 17.9 Å². The number of likely N-dealkylation sites (N-methyl/N-ethyl adjacent to an activating group) is 1. The Hall–Kier alpha value is -2.09. The average Bonchev–Trinajstić information content (AvgIpc) is 2.62. The van der Waals surface area contributed by atoms with Crippen LogP contribution in [0.4, 0.5) is 0 Å². The van der Waals surface area contributed by atoms with E-state index in [1.165, 1.54) is 7.05 Å². The number of aryl methyl sites for hydroxylation is 1. The number of hydrogen-bond acceptors (Lipinski definition) is 4. The number of hydrogen-bond donors (Lipinski definition) is 1. The maximum atomic E-state index is 12.6. The number of amides is 1. The van der Waals surface area contributed by atoms with E-state index in [0.717, 1.165) is 16.1 Å². The molecule has 2 aromatic carbocycles. The van der Waals surface area contributed by atoms with E-state index < -0.39 is 22.0 Å². The Morgan fingerprint density at radius 2 is 1.89 bits per heavy atom. The van der Waals surface area contributed by atoms with Crippen molar-refractivity contribution in [2.75, 3.05) is 26.5 Å². The summed E-state index contributed by atoms with van der Waals surface area (Å²) >= 11 is 6.05. The molecule has 6 nitrogen and oxygen atoms in total. The number of sulfonamides is 1. The van der Waals surface area contributed by atoms with Crippen molar-refractivity contribution in [3.63, 3.8) is 0 Å². The molecular weight excluding hydrogens is 388 g/mol. The van der Waals surface area contributed by atoms with Crippen LogP contribution in [-0.2, 0) is 14.8 Å². The lowest BCUT2D eigenvalue weighted by molar-refractivity contribution is -0.124. The highest BCUT2D eigenvalue weighted by Gasteiger charge is 2.30. The van der Waals surface area contributed by atoms with Gasteiger partial charge in [0.1, 0.15) is 18.4 Å². The Kier molecular flexibility index (Phi) is 7.24. The van der Waals surface area contributed by atoms with E-state index in [1.807, 2.05) is 13.0 Å². The first-order chi connectivity index (χ1) is 12.7. The molecule has 1 atom stereocenters. The minimum Gasteiger partial charge on any atom is -0.492 e. The number of nitrogens with zero attached hydrogens (tertiary/aromatic N) is 1. The molecule has 0 fully saturated rings. The van der Waals surface area contributed by atoms with Crippen LogP contribution in [-0.4, -0.2) is 45.1 Å². The van der Waals surface area contributed by atoms with Gasteiger partial charge in [0, 0.05) is 12.1 Å². The normalized spacial score (nSPS) is 12.6. The fourth-order valence-electron chi connectivity index (χ4n) is 2.46. The fourth-order valence-corrected chi connectivity index (χ4v) is 3.23. The summed E-state index contributed by atoms with van der Waals surface area (Å²) in [5.41, 5.74) is 1.54. The van der Waals surface area contributed by atoms with Crippen molar-refractivity contribution in [2.24, 2.45) is 0 Å². The van der Waals surface area contributed by atoms with Gasteiger partial charge >= 0.3 is 0 Å². The summed E-state index contributed by atoms with van der Waals surface area (Å²) in [5.74, 6) is 0.187.